The number of hydrogen-bond donors (Lipinski definition) is 1. The molecule has 9 heteroatoms. The first-order valence-electron chi connectivity index (χ1n) is 9.31. The molecule has 0 aliphatic heterocycles. The van der Waals surface area contributed by atoms with Gasteiger partial charge in [-0.3, -0.25) is 19.2 Å². The molecule has 28 heavy (non-hydrogen) atoms. The number of nitro groups is 1. The molecule has 1 aliphatic rings. The zero-order valence-electron chi connectivity index (χ0n) is 16.5. The second-order valence-corrected chi connectivity index (χ2v) is 8.97. The molecule has 0 aromatic heterocycles. The van der Waals surface area contributed by atoms with Crippen molar-refractivity contribution in [2.75, 3.05) is 17.1 Å². The van der Waals surface area contributed by atoms with E-state index in [9.17, 15) is 23.3 Å². The Morgan fingerprint density at radius 3 is 2.64 bits per heavy atom. The third kappa shape index (κ3) is 5.54. The molecule has 8 nitrogen and oxygen atoms in total. The summed E-state index contributed by atoms with van der Waals surface area (Å²) in [4.78, 5) is 23.1. The number of aryl methyl sites for hydroxylation is 1. The SMILES string of the molecule is Cc1ccc([N+](=O)[O-])cc1N([C@@H](C)C(=O)NCCC1=CCCCC1)S(C)(=O)=O. The average Bonchev–Trinajstić information content (AvgIpc) is 2.62. The molecular weight excluding hydrogens is 382 g/mol. The highest BCUT2D eigenvalue weighted by Gasteiger charge is 2.31. The van der Waals surface area contributed by atoms with Crippen LogP contribution in [0.25, 0.3) is 0 Å². The second-order valence-electron chi connectivity index (χ2n) is 7.11. The van der Waals surface area contributed by atoms with Crippen LogP contribution in [-0.4, -0.2) is 38.1 Å². The Balaban J connectivity index is 2.18. The highest BCUT2D eigenvalue weighted by molar-refractivity contribution is 7.92. The Morgan fingerprint density at radius 2 is 2.07 bits per heavy atom. The third-order valence-corrected chi connectivity index (χ3v) is 6.09. The average molecular weight is 410 g/mol. The summed E-state index contributed by atoms with van der Waals surface area (Å²) in [6.45, 7) is 3.56. The van der Waals surface area contributed by atoms with Gasteiger partial charge < -0.3 is 5.32 Å². The first kappa shape index (κ1) is 21.9. The second kappa shape index (κ2) is 9.18. The molecule has 154 valence electrons. The highest BCUT2D eigenvalue weighted by Crippen LogP contribution is 2.29. The topological polar surface area (TPSA) is 110 Å². The summed E-state index contributed by atoms with van der Waals surface area (Å²) in [5.74, 6) is -0.437. The van der Waals surface area contributed by atoms with Gasteiger partial charge in [-0.05, 0) is 51.5 Å². The van der Waals surface area contributed by atoms with Crippen molar-refractivity contribution in [1.29, 1.82) is 0 Å². The highest BCUT2D eigenvalue weighted by atomic mass is 32.2. The van der Waals surface area contributed by atoms with Gasteiger partial charge in [0.1, 0.15) is 6.04 Å². The van der Waals surface area contributed by atoms with Crippen molar-refractivity contribution in [2.45, 2.75) is 52.0 Å². The maximum absolute atomic E-state index is 12.6. The van der Waals surface area contributed by atoms with E-state index in [1.54, 1.807) is 6.92 Å². The number of nitrogens with zero attached hydrogens (tertiary/aromatic N) is 2. The molecule has 0 bridgehead atoms. The van der Waals surface area contributed by atoms with Crippen molar-refractivity contribution in [1.82, 2.24) is 5.32 Å². The number of nitro benzene ring substituents is 1. The van der Waals surface area contributed by atoms with Crippen molar-refractivity contribution in [3.63, 3.8) is 0 Å². The first-order chi connectivity index (χ1) is 13.1. The van der Waals surface area contributed by atoms with Gasteiger partial charge >= 0.3 is 0 Å². The Labute approximate surface area is 165 Å². The van der Waals surface area contributed by atoms with Crippen LogP contribution in [0.3, 0.4) is 0 Å². The minimum atomic E-state index is -3.83. The van der Waals surface area contributed by atoms with Crippen molar-refractivity contribution < 1.29 is 18.1 Å². The van der Waals surface area contributed by atoms with Crippen LogP contribution in [-0.2, 0) is 14.8 Å². The molecular formula is C19H27N3O5S. The lowest BCUT2D eigenvalue weighted by Crippen LogP contribution is -2.48. The van der Waals surface area contributed by atoms with Crippen molar-refractivity contribution in [3.05, 3.63) is 45.5 Å². The van der Waals surface area contributed by atoms with E-state index in [-0.39, 0.29) is 11.4 Å². The zero-order valence-corrected chi connectivity index (χ0v) is 17.3. The number of benzene rings is 1. The fraction of sp³-hybridized carbons (Fsp3) is 0.526. The van der Waals surface area contributed by atoms with Gasteiger partial charge in [0, 0.05) is 18.7 Å². The molecule has 2 rings (SSSR count). The lowest BCUT2D eigenvalue weighted by atomic mass is 9.97. The van der Waals surface area contributed by atoms with Crippen LogP contribution < -0.4 is 9.62 Å². The lowest BCUT2D eigenvalue weighted by Gasteiger charge is -2.29. The smallest absolute Gasteiger partial charge is 0.271 e. The molecule has 0 saturated carbocycles. The number of carbonyl (C=O) groups is 1. The predicted octanol–water partition coefficient (Wildman–Crippen LogP) is 3.06. The van der Waals surface area contributed by atoms with E-state index in [4.69, 9.17) is 0 Å². The normalized spacial score (nSPS) is 15.5. The molecule has 1 atom stereocenters. The van der Waals surface area contributed by atoms with Crippen LogP contribution >= 0.6 is 0 Å². The first-order valence-corrected chi connectivity index (χ1v) is 11.2. The third-order valence-electron chi connectivity index (χ3n) is 4.86. The zero-order chi connectivity index (χ0) is 20.9. The number of rotatable bonds is 8. The van der Waals surface area contributed by atoms with Crippen LogP contribution in [0.4, 0.5) is 11.4 Å². The van der Waals surface area contributed by atoms with E-state index in [0.717, 1.165) is 36.2 Å². The number of nitrogens with one attached hydrogen (secondary N) is 1. The van der Waals surface area contributed by atoms with E-state index in [1.807, 2.05) is 0 Å². The van der Waals surface area contributed by atoms with E-state index in [0.29, 0.717) is 12.1 Å². The van der Waals surface area contributed by atoms with Crippen molar-refractivity contribution >= 4 is 27.3 Å². The lowest BCUT2D eigenvalue weighted by molar-refractivity contribution is -0.384. The Morgan fingerprint density at radius 1 is 1.36 bits per heavy atom. The van der Waals surface area contributed by atoms with Gasteiger partial charge in [0.2, 0.25) is 15.9 Å². The molecule has 1 amide bonds. The molecule has 1 aromatic carbocycles. The van der Waals surface area contributed by atoms with Crippen LogP contribution in [0.15, 0.2) is 29.8 Å². The largest absolute Gasteiger partial charge is 0.354 e. The van der Waals surface area contributed by atoms with Crippen molar-refractivity contribution in [3.8, 4) is 0 Å². The predicted molar refractivity (Wildman–Crippen MR) is 109 cm³/mol. The summed E-state index contributed by atoms with van der Waals surface area (Å²) in [7, 11) is -3.83. The minimum Gasteiger partial charge on any atom is -0.354 e. The van der Waals surface area contributed by atoms with Crippen LogP contribution in [0.1, 0.15) is 44.6 Å². The number of carbonyl (C=O) groups excluding carboxylic acids is 1. The van der Waals surface area contributed by atoms with E-state index in [1.165, 1.54) is 37.1 Å². The van der Waals surface area contributed by atoms with Crippen LogP contribution in [0, 0.1) is 17.0 Å². The number of non-ortho nitro benzene ring substituents is 1. The van der Waals surface area contributed by atoms with E-state index in [2.05, 4.69) is 11.4 Å². The van der Waals surface area contributed by atoms with Gasteiger partial charge in [0.15, 0.2) is 0 Å². The van der Waals surface area contributed by atoms with E-state index < -0.39 is 26.9 Å². The molecule has 0 heterocycles. The quantitative estimate of drug-likeness (QED) is 0.403. The number of hydrogen-bond acceptors (Lipinski definition) is 5. The van der Waals surface area contributed by atoms with Gasteiger partial charge in [0.25, 0.3) is 5.69 Å². The Kier molecular flexibility index (Phi) is 7.17. The molecule has 0 saturated heterocycles. The van der Waals surface area contributed by atoms with Crippen LogP contribution in [0.5, 0.6) is 0 Å². The summed E-state index contributed by atoms with van der Waals surface area (Å²) in [5, 5.41) is 13.9. The maximum Gasteiger partial charge on any atom is 0.271 e. The summed E-state index contributed by atoms with van der Waals surface area (Å²) in [6, 6.07) is 2.94. The van der Waals surface area contributed by atoms with Gasteiger partial charge in [0.05, 0.1) is 16.9 Å². The Hall–Kier alpha value is -2.42. The van der Waals surface area contributed by atoms with Crippen molar-refractivity contribution in [2.24, 2.45) is 0 Å². The molecule has 1 aromatic rings. The summed E-state index contributed by atoms with van der Waals surface area (Å²) < 4.78 is 25.7. The molecule has 1 N–H and O–H groups in total. The fourth-order valence-electron chi connectivity index (χ4n) is 3.36. The maximum atomic E-state index is 12.6. The molecule has 0 fully saturated rings. The fourth-order valence-corrected chi connectivity index (χ4v) is 4.58. The number of sulfonamides is 1. The number of amides is 1. The Bertz CT molecular complexity index is 880. The summed E-state index contributed by atoms with van der Waals surface area (Å²) in [6.07, 6.45) is 8.38. The number of anilines is 1. The van der Waals surface area contributed by atoms with Crippen LogP contribution in [0.2, 0.25) is 0 Å². The molecule has 1 aliphatic carbocycles. The molecule has 0 spiro atoms. The minimum absolute atomic E-state index is 0.134. The molecule has 0 radical (unpaired) electrons. The summed E-state index contributed by atoms with van der Waals surface area (Å²) >= 11 is 0. The summed E-state index contributed by atoms with van der Waals surface area (Å²) in [5.41, 5.74) is 1.75. The molecule has 0 unspecified atom stereocenters. The van der Waals surface area contributed by atoms with Gasteiger partial charge in [-0.2, -0.15) is 0 Å². The van der Waals surface area contributed by atoms with Gasteiger partial charge in [-0.1, -0.05) is 17.7 Å². The standard InChI is InChI=1S/C19H27N3O5S/c1-14-9-10-17(22(24)25)13-18(14)21(28(3,26)27)15(2)19(23)20-12-11-16-7-5-4-6-8-16/h7,9-10,13,15H,4-6,8,11-12H2,1-3H3,(H,20,23)/t15-/m0/s1. The monoisotopic (exact) mass is 409 g/mol. The van der Waals surface area contributed by atoms with Gasteiger partial charge in [-0.15, -0.1) is 0 Å². The van der Waals surface area contributed by atoms with E-state index >= 15 is 0 Å². The van der Waals surface area contributed by atoms with Gasteiger partial charge in [-0.25, -0.2) is 8.42 Å². The number of allylic oxidation sites excluding steroid dienone is 1.